The summed E-state index contributed by atoms with van der Waals surface area (Å²) in [5.74, 6) is 1.00. The van der Waals surface area contributed by atoms with Crippen molar-refractivity contribution in [2.45, 2.75) is 71.4 Å². The summed E-state index contributed by atoms with van der Waals surface area (Å²) in [6, 6.07) is 11.6. The van der Waals surface area contributed by atoms with Crippen LogP contribution in [0.25, 0.3) is 11.3 Å². The first-order valence-corrected chi connectivity index (χ1v) is 14.1. The Labute approximate surface area is 221 Å². The van der Waals surface area contributed by atoms with E-state index in [1.54, 1.807) is 0 Å². The van der Waals surface area contributed by atoms with Crippen LogP contribution in [0.3, 0.4) is 0 Å². The minimum absolute atomic E-state index is 0.211. The average molecular weight is 502 g/mol. The molecule has 1 unspecified atom stereocenters. The van der Waals surface area contributed by atoms with Crippen LogP contribution in [0, 0.1) is 13.8 Å². The summed E-state index contributed by atoms with van der Waals surface area (Å²) in [6.07, 6.45) is 6.84. The van der Waals surface area contributed by atoms with E-state index >= 15 is 0 Å². The molecule has 0 aliphatic carbocycles. The summed E-state index contributed by atoms with van der Waals surface area (Å²) in [5.41, 5.74) is 14.2. The molecule has 2 fully saturated rings. The molecule has 2 aliphatic rings. The highest BCUT2D eigenvalue weighted by Gasteiger charge is 2.30. The molecule has 37 heavy (non-hydrogen) atoms. The van der Waals surface area contributed by atoms with Gasteiger partial charge in [-0.2, -0.15) is 5.10 Å². The topological polar surface area (TPSA) is 74.7 Å². The van der Waals surface area contributed by atoms with Gasteiger partial charge < -0.3 is 20.9 Å². The van der Waals surface area contributed by atoms with E-state index in [-0.39, 0.29) is 12.1 Å². The van der Waals surface area contributed by atoms with Crippen molar-refractivity contribution < 1.29 is 0 Å². The number of rotatable bonds is 10. The van der Waals surface area contributed by atoms with Gasteiger partial charge >= 0.3 is 0 Å². The molecule has 7 heteroatoms. The van der Waals surface area contributed by atoms with Crippen LogP contribution in [0.4, 0.5) is 5.82 Å². The third-order valence-corrected chi connectivity index (χ3v) is 7.84. The van der Waals surface area contributed by atoms with Gasteiger partial charge in [0.05, 0.1) is 11.7 Å². The van der Waals surface area contributed by atoms with E-state index in [4.69, 9.17) is 15.8 Å². The lowest BCUT2D eigenvalue weighted by molar-refractivity contribution is 0.226. The van der Waals surface area contributed by atoms with Gasteiger partial charge in [0.25, 0.3) is 0 Å². The molecule has 5 rings (SSSR count). The fraction of sp³-hybridized carbons (Fsp3) is 0.533. The van der Waals surface area contributed by atoms with Crippen molar-refractivity contribution in [3.05, 3.63) is 65.0 Å². The van der Waals surface area contributed by atoms with Crippen molar-refractivity contribution in [2.75, 3.05) is 37.6 Å². The maximum absolute atomic E-state index is 6.01. The number of fused-ring (bicyclic) bond motifs is 1. The van der Waals surface area contributed by atoms with Gasteiger partial charge in [0.15, 0.2) is 5.65 Å². The van der Waals surface area contributed by atoms with Crippen LogP contribution in [-0.4, -0.2) is 58.3 Å². The van der Waals surface area contributed by atoms with Crippen LogP contribution in [0.2, 0.25) is 0 Å². The third-order valence-electron chi connectivity index (χ3n) is 7.84. The zero-order valence-corrected chi connectivity index (χ0v) is 22.8. The largest absolute Gasteiger partial charge is 0.363 e. The molecule has 0 spiro atoms. The molecular formula is C30H43N7. The van der Waals surface area contributed by atoms with Gasteiger partial charge in [-0.1, -0.05) is 31.2 Å². The van der Waals surface area contributed by atoms with Gasteiger partial charge in [0.2, 0.25) is 0 Å². The van der Waals surface area contributed by atoms with Gasteiger partial charge in [-0.15, -0.1) is 0 Å². The summed E-state index contributed by atoms with van der Waals surface area (Å²) in [6.45, 7) is 16.0. The van der Waals surface area contributed by atoms with Crippen molar-refractivity contribution in [1.29, 1.82) is 0 Å². The molecule has 2 aromatic heterocycles. The van der Waals surface area contributed by atoms with Crippen LogP contribution in [0.15, 0.2) is 36.9 Å². The summed E-state index contributed by atoms with van der Waals surface area (Å²) >= 11 is 0. The molecule has 198 valence electrons. The molecule has 0 amide bonds. The van der Waals surface area contributed by atoms with E-state index in [2.05, 4.69) is 72.8 Å². The van der Waals surface area contributed by atoms with Crippen molar-refractivity contribution >= 4 is 17.2 Å². The highest BCUT2D eigenvalue weighted by molar-refractivity contribution is 5.66. The Morgan fingerprint density at radius 1 is 1.14 bits per heavy atom. The molecule has 0 radical (unpaired) electrons. The van der Waals surface area contributed by atoms with Gasteiger partial charge in [-0.3, -0.25) is 0 Å². The van der Waals surface area contributed by atoms with E-state index < -0.39 is 0 Å². The van der Waals surface area contributed by atoms with Gasteiger partial charge in [-0.25, -0.2) is 9.50 Å². The molecule has 2 aliphatic heterocycles. The lowest BCUT2D eigenvalue weighted by atomic mass is 9.93. The Bertz CT molecular complexity index is 1240. The number of aryl methyl sites for hydroxylation is 3. The minimum atomic E-state index is 0.211. The van der Waals surface area contributed by atoms with Gasteiger partial charge in [0, 0.05) is 54.8 Å². The Morgan fingerprint density at radius 3 is 2.76 bits per heavy atom. The molecule has 0 bridgehead atoms. The number of hydrogen-bond acceptors (Lipinski definition) is 6. The van der Waals surface area contributed by atoms with Crippen molar-refractivity contribution in [3.63, 3.8) is 0 Å². The fourth-order valence-electron chi connectivity index (χ4n) is 5.75. The first kappa shape index (κ1) is 25.7. The first-order valence-electron chi connectivity index (χ1n) is 14.1. The Hall–Kier alpha value is -2.90. The van der Waals surface area contributed by atoms with Crippen molar-refractivity contribution in [1.82, 2.24) is 24.8 Å². The smallest absolute Gasteiger partial charge is 0.157 e. The fourth-order valence-corrected chi connectivity index (χ4v) is 5.75. The predicted octanol–water partition coefficient (Wildman–Crippen LogP) is 4.62. The highest BCUT2D eigenvalue weighted by Crippen LogP contribution is 2.37. The lowest BCUT2D eigenvalue weighted by Gasteiger charge is -2.38. The summed E-state index contributed by atoms with van der Waals surface area (Å²) in [7, 11) is 0. The van der Waals surface area contributed by atoms with Crippen molar-refractivity contribution in [2.24, 2.45) is 5.73 Å². The number of aromatic nitrogens is 3. The zero-order valence-electron chi connectivity index (χ0n) is 22.8. The third kappa shape index (κ3) is 5.53. The Balaban J connectivity index is 1.39. The predicted molar refractivity (Wildman–Crippen MR) is 153 cm³/mol. The molecular weight excluding hydrogens is 458 g/mol. The van der Waals surface area contributed by atoms with Crippen LogP contribution in [0.5, 0.6) is 0 Å². The molecule has 0 saturated carbocycles. The van der Waals surface area contributed by atoms with Gasteiger partial charge in [0.1, 0.15) is 5.82 Å². The first-order chi connectivity index (χ1) is 17.9. The minimum Gasteiger partial charge on any atom is -0.363 e. The van der Waals surface area contributed by atoms with E-state index in [1.807, 2.05) is 4.52 Å². The number of hydrogen-bond donors (Lipinski definition) is 2. The molecule has 2 saturated heterocycles. The molecule has 3 N–H and O–H groups in total. The maximum atomic E-state index is 6.01. The van der Waals surface area contributed by atoms with Crippen LogP contribution >= 0.6 is 0 Å². The molecule has 1 atom stereocenters. The SMILES string of the molecule is C=C(c1cc(C)ccc1CCCNCCC)N1CCCCC1c1cc2nc(N3CC(N)C3)cc(C)n2n1. The van der Waals surface area contributed by atoms with E-state index in [0.29, 0.717) is 0 Å². The van der Waals surface area contributed by atoms with E-state index in [1.165, 1.54) is 36.0 Å². The standard InChI is InChI=1S/C30H43N7/c1-5-13-32-14-8-9-24-12-11-21(2)16-26(24)23(4)36-15-7-6-10-28(36)27-18-30-33-29(35-19-25(31)20-35)17-22(3)37(30)34-27/h11-12,16-18,25,28,32H,4-10,13-15,19-20,31H2,1-3H3. The Morgan fingerprint density at radius 2 is 1.97 bits per heavy atom. The van der Waals surface area contributed by atoms with Crippen LogP contribution in [-0.2, 0) is 6.42 Å². The lowest BCUT2D eigenvalue weighted by Crippen LogP contribution is -2.56. The summed E-state index contributed by atoms with van der Waals surface area (Å²) < 4.78 is 2.00. The average Bonchev–Trinajstić information content (AvgIpc) is 3.32. The number of nitrogens with one attached hydrogen (secondary N) is 1. The monoisotopic (exact) mass is 501 g/mol. The summed E-state index contributed by atoms with van der Waals surface area (Å²) in [5, 5.41) is 8.60. The number of benzene rings is 1. The highest BCUT2D eigenvalue weighted by atomic mass is 15.3. The van der Waals surface area contributed by atoms with Crippen molar-refractivity contribution in [3.8, 4) is 0 Å². The van der Waals surface area contributed by atoms with Crippen LogP contribution in [0.1, 0.15) is 73.1 Å². The second-order valence-corrected chi connectivity index (χ2v) is 10.9. The number of nitrogens with zero attached hydrogens (tertiary/aromatic N) is 5. The maximum Gasteiger partial charge on any atom is 0.157 e. The molecule has 7 nitrogen and oxygen atoms in total. The van der Waals surface area contributed by atoms with E-state index in [0.717, 1.165) is 80.5 Å². The number of piperidine rings is 1. The molecule has 1 aromatic carbocycles. The number of likely N-dealkylation sites (tertiary alicyclic amines) is 1. The molecule has 3 aromatic rings. The second kappa shape index (κ2) is 11.2. The van der Waals surface area contributed by atoms with Crippen LogP contribution < -0.4 is 16.0 Å². The summed E-state index contributed by atoms with van der Waals surface area (Å²) in [4.78, 5) is 9.69. The number of anilines is 1. The van der Waals surface area contributed by atoms with E-state index in [9.17, 15) is 0 Å². The second-order valence-electron chi connectivity index (χ2n) is 10.9. The quantitative estimate of drug-likeness (QED) is 0.395. The van der Waals surface area contributed by atoms with Gasteiger partial charge in [-0.05, 0) is 77.1 Å². The number of nitrogens with two attached hydrogens (primary N) is 1. The molecule has 4 heterocycles. The normalized spacial score (nSPS) is 18.4. The Kier molecular flexibility index (Phi) is 7.81. The zero-order chi connectivity index (χ0) is 25.9.